The van der Waals surface area contributed by atoms with E-state index < -0.39 is 65.3 Å². The largest absolute Gasteiger partial charge is 0.454 e. The van der Waals surface area contributed by atoms with Gasteiger partial charge >= 0.3 is 5.97 Å². The number of hydrazine groups is 1. The van der Waals surface area contributed by atoms with Crippen LogP contribution in [0.5, 0.6) is 0 Å². The minimum Gasteiger partial charge on any atom is -0.454 e. The zero-order chi connectivity index (χ0) is 23.2. The molecule has 9 nitrogen and oxygen atoms in total. The molecule has 4 rings (SSSR count). The third-order valence-corrected chi connectivity index (χ3v) is 7.81. The van der Waals surface area contributed by atoms with Crippen molar-refractivity contribution in [2.24, 2.45) is 23.7 Å². The van der Waals surface area contributed by atoms with Crippen LogP contribution in [0, 0.1) is 23.7 Å². The predicted octanol–water partition coefficient (Wildman–Crippen LogP) is 1.11. The Kier molecular flexibility index (Phi) is 6.33. The highest BCUT2D eigenvalue weighted by atomic mass is 35.5. The van der Waals surface area contributed by atoms with Crippen LogP contribution < -0.4 is 10.9 Å². The Morgan fingerprint density at radius 3 is 2.19 bits per heavy atom. The maximum Gasteiger partial charge on any atom is 0.326 e. The predicted molar refractivity (Wildman–Crippen MR) is 113 cm³/mol. The maximum atomic E-state index is 12.7. The third kappa shape index (κ3) is 3.93. The van der Waals surface area contributed by atoms with Crippen LogP contribution in [0.3, 0.4) is 0 Å². The summed E-state index contributed by atoms with van der Waals surface area (Å²) in [4.78, 5) is 62.2. The summed E-state index contributed by atoms with van der Waals surface area (Å²) in [6, 6.07) is 6.23. The molecule has 4 amide bonds. The van der Waals surface area contributed by atoms with Crippen LogP contribution in [0.15, 0.2) is 24.3 Å². The molecule has 2 bridgehead atoms. The quantitative estimate of drug-likeness (QED) is 0.269. The normalized spacial score (nSPS) is 30.3. The zero-order valence-corrected chi connectivity index (χ0v) is 18.7. The van der Waals surface area contributed by atoms with E-state index in [2.05, 4.69) is 10.9 Å². The standard InChI is InChI=1S/C20H18Cl3N3O6/c21-11-4-2-1-3-8(11)18(29)25-24-12(27)7-32-13(28)6-26-19(30)14-9-5-10(15(14)20(26)31)17(23)16(9)22/h1-4,9-10,14-17H,5-7H2,(H,24,27)(H,25,29)/t9-,10-,14-,15+,16+,17+/m1/s1. The molecular formula is C20H18Cl3N3O6. The van der Waals surface area contributed by atoms with Crippen LogP contribution in [-0.2, 0) is 23.9 Å². The van der Waals surface area contributed by atoms with E-state index in [9.17, 15) is 24.0 Å². The van der Waals surface area contributed by atoms with E-state index in [0.29, 0.717) is 6.42 Å². The van der Waals surface area contributed by atoms with Gasteiger partial charge in [0.1, 0.15) is 6.54 Å². The molecule has 1 saturated heterocycles. The number of rotatable bonds is 5. The van der Waals surface area contributed by atoms with Crippen molar-refractivity contribution in [3.8, 4) is 0 Å². The zero-order valence-electron chi connectivity index (χ0n) is 16.4. The summed E-state index contributed by atoms with van der Waals surface area (Å²) in [5.41, 5.74) is 4.38. The van der Waals surface area contributed by atoms with E-state index in [4.69, 9.17) is 39.5 Å². The molecular weight excluding hydrogens is 485 g/mol. The highest BCUT2D eigenvalue weighted by Crippen LogP contribution is 2.59. The van der Waals surface area contributed by atoms with Gasteiger partial charge < -0.3 is 4.74 Å². The second-order valence-electron chi connectivity index (χ2n) is 7.91. The molecule has 3 fully saturated rings. The number of carbonyl (C=O) groups excluding carboxylic acids is 5. The van der Waals surface area contributed by atoms with E-state index in [1.807, 2.05) is 0 Å². The molecule has 0 aromatic heterocycles. The summed E-state index contributed by atoms with van der Waals surface area (Å²) >= 11 is 18.5. The van der Waals surface area contributed by atoms with Crippen LogP contribution in [0.1, 0.15) is 16.8 Å². The average Bonchev–Trinajstić information content (AvgIpc) is 3.37. The van der Waals surface area contributed by atoms with E-state index in [1.54, 1.807) is 12.1 Å². The highest BCUT2D eigenvalue weighted by molar-refractivity contribution is 6.33. The lowest BCUT2D eigenvalue weighted by Crippen LogP contribution is -2.44. The van der Waals surface area contributed by atoms with Crippen molar-refractivity contribution in [1.29, 1.82) is 0 Å². The van der Waals surface area contributed by atoms with Gasteiger partial charge in [0.2, 0.25) is 11.8 Å². The monoisotopic (exact) mass is 501 g/mol. The minimum atomic E-state index is -0.934. The van der Waals surface area contributed by atoms with Gasteiger partial charge in [0.15, 0.2) is 6.61 Å². The number of amides is 4. The van der Waals surface area contributed by atoms with Gasteiger partial charge in [-0.3, -0.25) is 39.7 Å². The van der Waals surface area contributed by atoms with E-state index in [0.717, 1.165) is 4.90 Å². The summed E-state index contributed by atoms with van der Waals surface area (Å²) in [7, 11) is 0. The van der Waals surface area contributed by atoms with Gasteiger partial charge in [-0.2, -0.15) is 0 Å². The van der Waals surface area contributed by atoms with Gasteiger partial charge in [-0.1, -0.05) is 23.7 Å². The van der Waals surface area contributed by atoms with Crippen LogP contribution >= 0.6 is 34.8 Å². The molecule has 3 aliphatic rings. The lowest BCUT2D eigenvalue weighted by Gasteiger charge is -2.28. The van der Waals surface area contributed by atoms with Gasteiger partial charge in [0, 0.05) is 0 Å². The van der Waals surface area contributed by atoms with Crippen molar-refractivity contribution in [3.63, 3.8) is 0 Å². The molecule has 2 aliphatic carbocycles. The molecule has 2 N–H and O–H groups in total. The average molecular weight is 503 g/mol. The van der Waals surface area contributed by atoms with Crippen molar-refractivity contribution in [3.05, 3.63) is 34.9 Å². The second-order valence-corrected chi connectivity index (χ2v) is 9.32. The number of halogens is 3. The SMILES string of the molecule is O=C(COC(=O)CN1C(=O)[C@@H]2[C@H]3C[C@@H]([C@H](Cl)[C@H]3Cl)[C@@H]2C1=O)NNC(=O)c1ccccc1Cl. The maximum absolute atomic E-state index is 12.7. The summed E-state index contributed by atoms with van der Waals surface area (Å²) in [6.45, 7) is -1.33. The first-order chi connectivity index (χ1) is 15.2. The van der Waals surface area contributed by atoms with Crippen LogP contribution in [-0.4, -0.2) is 58.4 Å². The van der Waals surface area contributed by atoms with Gasteiger partial charge in [-0.15, -0.1) is 23.2 Å². The molecule has 2 saturated carbocycles. The number of hydrogen-bond acceptors (Lipinski definition) is 6. The Labute approximate surface area is 197 Å². The fraction of sp³-hybridized carbons (Fsp3) is 0.450. The fourth-order valence-electron chi connectivity index (χ4n) is 4.76. The molecule has 1 aromatic rings. The summed E-state index contributed by atoms with van der Waals surface area (Å²) in [6.07, 6.45) is 0.619. The van der Waals surface area contributed by atoms with Crippen molar-refractivity contribution in [2.45, 2.75) is 17.2 Å². The van der Waals surface area contributed by atoms with Gasteiger partial charge in [0.25, 0.3) is 11.8 Å². The first-order valence-electron chi connectivity index (χ1n) is 9.83. The van der Waals surface area contributed by atoms with Crippen molar-refractivity contribution < 1.29 is 28.7 Å². The summed E-state index contributed by atoms with van der Waals surface area (Å²) in [5.74, 6) is -4.86. The third-order valence-electron chi connectivity index (χ3n) is 6.16. The molecule has 0 unspecified atom stereocenters. The van der Waals surface area contributed by atoms with Gasteiger partial charge in [-0.25, -0.2) is 0 Å². The van der Waals surface area contributed by atoms with Gasteiger partial charge in [0.05, 0.1) is 33.2 Å². The Balaban J connectivity index is 1.25. The Morgan fingerprint density at radius 2 is 1.59 bits per heavy atom. The van der Waals surface area contributed by atoms with Gasteiger partial charge in [-0.05, 0) is 30.4 Å². The molecule has 32 heavy (non-hydrogen) atoms. The lowest BCUT2D eigenvalue weighted by molar-refractivity contribution is -0.155. The lowest BCUT2D eigenvalue weighted by atomic mass is 9.80. The minimum absolute atomic E-state index is 0.149. The van der Waals surface area contributed by atoms with Crippen molar-refractivity contribution >= 4 is 64.4 Å². The molecule has 1 aromatic carbocycles. The highest BCUT2D eigenvalue weighted by Gasteiger charge is 2.66. The smallest absolute Gasteiger partial charge is 0.326 e. The molecule has 6 atom stereocenters. The second kappa shape index (κ2) is 8.88. The number of nitrogens with one attached hydrogen (secondary N) is 2. The fourth-order valence-corrected chi connectivity index (χ4v) is 5.88. The molecule has 170 valence electrons. The number of fused-ring (bicyclic) bond motifs is 5. The number of alkyl halides is 2. The Morgan fingerprint density at radius 1 is 1.00 bits per heavy atom. The number of likely N-dealkylation sites (tertiary alicyclic amines) is 1. The number of ether oxygens (including phenoxy) is 1. The molecule has 1 heterocycles. The van der Waals surface area contributed by atoms with E-state index >= 15 is 0 Å². The molecule has 12 heteroatoms. The van der Waals surface area contributed by atoms with Crippen molar-refractivity contribution in [2.75, 3.05) is 13.2 Å². The molecule has 0 radical (unpaired) electrons. The number of hydrogen-bond donors (Lipinski definition) is 2. The van der Waals surface area contributed by atoms with Crippen LogP contribution in [0.25, 0.3) is 0 Å². The molecule has 0 spiro atoms. The Bertz CT molecular complexity index is 973. The number of nitrogens with zero attached hydrogens (tertiary/aromatic N) is 1. The van der Waals surface area contributed by atoms with Crippen molar-refractivity contribution in [1.82, 2.24) is 15.8 Å². The summed E-state index contributed by atoms with van der Waals surface area (Å²) < 4.78 is 4.83. The first kappa shape index (κ1) is 22.8. The van der Waals surface area contributed by atoms with Crippen LogP contribution in [0.4, 0.5) is 0 Å². The Hall–Kier alpha value is -2.36. The molecule has 1 aliphatic heterocycles. The van der Waals surface area contributed by atoms with E-state index in [-0.39, 0.29) is 22.4 Å². The topological polar surface area (TPSA) is 122 Å². The number of carbonyl (C=O) groups is 5. The van der Waals surface area contributed by atoms with E-state index in [1.165, 1.54) is 12.1 Å². The number of imide groups is 1. The summed E-state index contributed by atoms with van der Waals surface area (Å²) in [5, 5.41) is -0.586. The first-order valence-corrected chi connectivity index (χ1v) is 11.1. The number of benzene rings is 1. The number of esters is 1. The van der Waals surface area contributed by atoms with Crippen LogP contribution in [0.2, 0.25) is 5.02 Å².